The third-order valence-corrected chi connectivity index (χ3v) is 5.20. The van der Waals surface area contributed by atoms with Gasteiger partial charge in [-0.25, -0.2) is 0 Å². The molecule has 0 spiro atoms. The van der Waals surface area contributed by atoms with Crippen molar-refractivity contribution < 1.29 is 14.0 Å². The van der Waals surface area contributed by atoms with Gasteiger partial charge < -0.3 is 14.6 Å². The number of carbonyl (C=O) groups excluding carboxylic acids is 2. The van der Waals surface area contributed by atoms with Crippen LogP contribution in [0.2, 0.25) is 0 Å². The van der Waals surface area contributed by atoms with Crippen LogP contribution < -0.4 is 5.32 Å². The van der Waals surface area contributed by atoms with E-state index in [1.54, 1.807) is 12.1 Å². The minimum absolute atomic E-state index is 0.0686. The number of nitrogens with zero attached hydrogens (tertiary/aromatic N) is 2. The van der Waals surface area contributed by atoms with Gasteiger partial charge in [-0.05, 0) is 57.4 Å². The molecule has 3 rings (SSSR count). The number of pyridine rings is 1. The molecule has 1 aliphatic heterocycles. The molecule has 144 valence electrons. The summed E-state index contributed by atoms with van der Waals surface area (Å²) >= 11 is 0. The number of hydrogen-bond donors (Lipinski definition) is 1. The Kier molecular flexibility index (Phi) is 5.94. The molecule has 1 N–H and O–H groups in total. The van der Waals surface area contributed by atoms with Crippen LogP contribution in [0.5, 0.6) is 0 Å². The van der Waals surface area contributed by atoms with E-state index in [1.165, 1.54) is 6.26 Å². The second-order valence-electron chi connectivity index (χ2n) is 7.21. The zero-order valence-electron chi connectivity index (χ0n) is 16.2. The minimum Gasteiger partial charge on any atom is -0.459 e. The quantitative estimate of drug-likeness (QED) is 0.875. The molecule has 6 nitrogen and oxygen atoms in total. The van der Waals surface area contributed by atoms with Gasteiger partial charge >= 0.3 is 0 Å². The Balaban J connectivity index is 1.73. The zero-order chi connectivity index (χ0) is 19.4. The first-order valence-corrected chi connectivity index (χ1v) is 9.60. The lowest BCUT2D eigenvalue weighted by molar-refractivity contribution is 0.0678. The molecule has 1 unspecified atom stereocenters. The summed E-state index contributed by atoms with van der Waals surface area (Å²) in [4.78, 5) is 31.6. The van der Waals surface area contributed by atoms with E-state index in [4.69, 9.17) is 4.42 Å². The third kappa shape index (κ3) is 4.38. The van der Waals surface area contributed by atoms with Crippen LogP contribution in [0, 0.1) is 6.92 Å². The number of carbonyl (C=O) groups is 2. The minimum atomic E-state index is -0.0783. The summed E-state index contributed by atoms with van der Waals surface area (Å²) in [5.41, 5.74) is 2.40. The number of aryl methyl sites for hydroxylation is 1. The summed E-state index contributed by atoms with van der Waals surface area (Å²) in [7, 11) is 0. The lowest BCUT2D eigenvalue weighted by Gasteiger charge is -2.32. The van der Waals surface area contributed by atoms with E-state index in [0.717, 1.165) is 30.7 Å². The molecular formula is C21H27N3O3. The molecule has 2 aromatic rings. The summed E-state index contributed by atoms with van der Waals surface area (Å²) in [6, 6.07) is 7.28. The van der Waals surface area contributed by atoms with Crippen LogP contribution >= 0.6 is 0 Å². The van der Waals surface area contributed by atoms with Crippen LogP contribution in [0.4, 0.5) is 0 Å². The topological polar surface area (TPSA) is 75.4 Å². The first-order valence-electron chi connectivity index (χ1n) is 9.60. The standard InChI is InChI=1S/C21H27N3O3/c1-4-14(2)23-20(25)17-8-7-15(3)22-19(17)16-9-11-24(12-10-16)21(26)18-6-5-13-27-18/h5-8,13-14,16H,4,9-12H2,1-3H3,(H,23,25). The molecule has 1 fully saturated rings. The van der Waals surface area contributed by atoms with E-state index >= 15 is 0 Å². The summed E-state index contributed by atoms with van der Waals surface area (Å²) in [6.45, 7) is 7.25. The molecule has 0 saturated carbocycles. The zero-order valence-corrected chi connectivity index (χ0v) is 16.2. The average Bonchev–Trinajstić information content (AvgIpc) is 3.22. The highest BCUT2D eigenvalue weighted by Crippen LogP contribution is 2.30. The molecule has 2 aromatic heterocycles. The van der Waals surface area contributed by atoms with Gasteiger partial charge in [0.25, 0.3) is 11.8 Å². The Bertz CT molecular complexity index is 793. The van der Waals surface area contributed by atoms with Gasteiger partial charge in [-0.1, -0.05) is 6.92 Å². The molecule has 3 heterocycles. The van der Waals surface area contributed by atoms with Crippen LogP contribution in [-0.2, 0) is 0 Å². The fraction of sp³-hybridized carbons (Fsp3) is 0.476. The van der Waals surface area contributed by atoms with E-state index in [1.807, 2.05) is 37.8 Å². The molecule has 0 aliphatic carbocycles. The van der Waals surface area contributed by atoms with Crippen molar-refractivity contribution in [2.75, 3.05) is 13.1 Å². The van der Waals surface area contributed by atoms with Crippen molar-refractivity contribution in [3.63, 3.8) is 0 Å². The van der Waals surface area contributed by atoms with Crippen LogP contribution in [0.15, 0.2) is 34.9 Å². The third-order valence-electron chi connectivity index (χ3n) is 5.20. The number of likely N-dealkylation sites (tertiary alicyclic amines) is 1. The van der Waals surface area contributed by atoms with E-state index < -0.39 is 0 Å². The largest absolute Gasteiger partial charge is 0.459 e. The van der Waals surface area contributed by atoms with Crippen molar-refractivity contribution in [2.45, 2.75) is 52.0 Å². The Morgan fingerprint density at radius 1 is 1.30 bits per heavy atom. The van der Waals surface area contributed by atoms with Crippen molar-refractivity contribution in [1.29, 1.82) is 0 Å². The first kappa shape index (κ1) is 19.1. The number of nitrogens with one attached hydrogen (secondary N) is 1. The molecule has 0 aromatic carbocycles. The Labute approximate surface area is 160 Å². The molecule has 0 bridgehead atoms. The predicted molar refractivity (Wildman–Crippen MR) is 103 cm³/mol. The normalized spacial score (nSPS) is 16.2. The van der Waals surface area contributed by atoms with E-state index in [9.17, 15) is 9.59 Å². The number of furan rings is 1. The van der Waals surface area contributed by atoms with Crippen molar-refractivity contribution in [2.24, 2.45) is 0 Å². The van der Waals surface area contributed by atoms with Gasteiger partial charge in [-0.3, -0.25) is 14.6 Å². The lowest BCUT2D eigenvalue weighted by atomic mass is 9.89. The van der Waals surface area contributed by atoms with Gasteiger partial charge in [0.05, 0.1) is 17.5 Å². The van der Waals surface area contributed by atoms with Crippen LogP contribution in [0.1, 0.15) is 71.3 Å². The van der Waals surface area contributed by atoms with Gasteiger partial charge in [-0.15, -0.1) is 0 Å². The molecule has 1 aliphatic rings. The number of aromatic nitrogens is 1. The molecular weight excluding hydrogens is 342 g/mol. The number of piperidine rings is 1. The highest BCUT2D eigenvalue weighted by molar-refractivity contribution is 5.95. The predicted octanol–water partition coefficient (Wildman–Crippen LogP) is 3.53. The van der Waals surface area contributed by atoms with Crippen molar-refractivity contribution in [3.8, 4) is 0 Å². The molecule has 2 amide bonds. The van der Waals surface area contributed by atoms with E-state index in [0.29, 0.717) is 24.4 Å². The molecule has 6 heteroatoms. The second-order valence-corrected chi connectivity index (χ2v) is 7.21. The van der Waals surface area contributed by atoms with Gasteiger partial charge in [0.2, 0.25) is 0 Å². The molecule has 1 saturated heterocycles. The van der Waals surface area contributed by atoms with E-state index in [-0.39, 0.29) is 23.8 Å². The lowest BCUT2D eigenvalue weighted by Crippen LogP contribution is -2.38. The monoisotopic (exact) mass is 369 g/mol. The van der Waals surface area contributed by atoms with Crippen LogP contribution in [-0.4, -0.2) is 40.8 Å². The van der Waals surface area contributed by atoms with Gasteiger partial charge in [0.15, 0.2) is 5.76 Å². The second kappa shape index (κ2) is 8.37. The highest BCUT2D eigenvalue weighted by Gasteiger charge is 2.29. The fourth-order valence-electron chi connectivity index (χ4n) is 3.40. The summed E-state index contributed by atoms with van der Waals surface area (Å²) in [6.07, 6.45) is 3.96. The van der Waals surface area contributed by atoms with Crippen molar-refractivity contribution >= 4 is 11.8 Å². The van der Waals surface area contributed by atoms with Gasteiger partial charge in [0, 0.05) is 30.7 Å². The highest BCUT2D eigenvalue weighted by atomic mass is 16.3. The van der Waals surface area contributed by atoms with Crippen molar-refractivity contribution in [3.05, 3.63) is 53.2 Å². The number of hydrogen-bond acceptors (Lipinski definition) is 4. The summed E-state index contributed by atoms with van der Waals surface area (Å²) in [5, 5.41) is 3.03. The maximum Gasteiger partial charge on any atom is 0.289 e. The first-order chi connectivity index (χ1) is 13.0. The van der Waals surface area contributed by atoms with E-state index in [2.05, 4.69) is 10.3 Å². The maximum absolute atomic E-state index is 12.7. The Morgan fingerprint density at radius 2 is 2.04 bits per heavy atom. The summed E-state index contributed by atoms with van der Waals surface area (Å²) in [5.74, 6) is 0.394. The molecule has 0 radical (unpaired) electrons. The fourth-order valence-corrected chi connectivity index (χ4v) is 3.40. The SMILES string of the molecule is CCC(C)NC(=O)c1ccc(C)nc1C1CCN(C(=O)c2ccco2)CC1. The van der Waals surface area contributed by atoms with Crippen LogP contribution in [0.3, 0.4) is 0 Å². The summed E-state index contributed by atoms with van der Waals surface area (Å²) < 4.78 is 5.22. The average molecular weight is 369 g/mol. The Hall–Kier alpha value is -2.63. The van der Waals surface area contributed by atoms with Crippen LogP contribution in [0.25, 0.3) is 0 Å². The number of amides is 2. The maximum atomic E-state index is 12.7. The van der Waals surface area contributed by atoms with Gasteiger partial charge in [0.1, 0.15) is 0 Å². The van der Waals surface area contributed by atoms with Gasteiger partial charge in [-0.2, -0.15) is 0 Å². The smallest absolute Gasteiger partial charge is 0.289 e. The molecule has 27 heavy (non-hydrogen) atoms. The van der Waals surface area contributed by atoms with Crippen molar-refractivity contribution in [1.82, 2.24) is 15.2 Å². The molecule has 1 atom stereocenters. The Morgan fingerprint density at radius 3 is 2.67 bits per heavy atom. The number of rotatable bonds is 5.